The van der Waals surface area contributed by atoms with Crippen LogP contribution in [0.25, 0.3) is 0 Å². The molecule has 76 valence electrons. The maximum absolute atomic E-state index is 5.74. The van der Waals surface area contributed by atoms with Crippen LogP contribution in [0.1, 0.15) is 31.2 Å². The first kappa shape index (κ1) is 9.53. The highest BCUT2D eigenvalue weighted by Gasteiger charge is 2.21. The summed E-state index contributed by atoms with van der Waals surface area (Å²) < 4.78 is 0. The fourth-order valence-electron chi connectivity index (χ4n) is 1.61. The summed E-state index contributed by atoms with van der Waals surface area (Å²) in [6.45, 7) is 3.30. The van der Waals surface area contributed by atoms with Crippen LogP contribution in [0.15, 0.2) is 24.3 Å². The SMILES string of the molecule is CC(CNC1CC1)c1cccc(N)c1. The van der Waals surface area contributed by atoms with Crippen LogP contribution in [0, 0.1) is 0 Å². The van der Waals surface area contributed by atoms with E-state index in [2.05, 4.69) is 24.4 Å². The first-order valence-electron chi connectivity index (χ1n) is 5.34. The van der Waals surface area contributed by atoms with Crippen molar-refractivity contribution >= 4 is 5.69 Å². The lowest BCUT2D eigenvalue weighted by molar-refractivity contribution is 0.612. The quantitative estimate of drug-likeness (QED) is 0.714. The Hall–Kier alpha value is -1.02. The standard InChI is InChI=1S/C12H18N2/c1-9(8-14-12-5-6-12)10-3-2-4-11(13)7-10/h2-4,7,9,12,14H,5-6,8,13H2,1H3. The Balaban J connectivity index is 1.91. The smallest absolute Gasteiger partial charge is 0.0316 e. The molecule has 0 aliphatic heterocycles. The van der Waals surface area contributed by atoms with Crippen molar-refractivity contribution in [1.82, 2.24) is 5.32 Å². The minimum atomic E-state index is 0.555. The average Bonchev–Trinajstić information content (AvgIpc) is 2.97. The second-order valence-corrected chi connectivity index (χ2v) is 4.25. The molecule has 3 N–H and O–H groups in total. The van der Waals surface area contributed by atoms with E-state index < -0.39 is 0 Å². The lowest BCUT2D eigenvalue weighted by atomic mass is 10.0. The maximum Gasteiger partial charge on any atom is 0.0316 e. The van der Waals surface area contributed by atoms with Crippen molar-refractivity contribution in [3.63, 3.8) is 0 Å². The van der Waals surface area contributed by atoms with Crippen molar-refractivity contribution in [2.24, 2.45) is 0 Å². The van der Waals surface area contributed by atoms with Gasteiger partial charge in [0.25, 0.3) is 0 Å². The number of rotatable bonds is 4. The molecule has 2 heteroatoms. The Morgan fingerprint density at radius 2 is 2.29 bits per heavy atom. The number of benzene rings is 1. The molecular formula is C12H18N2. The highest BCUT2D eigenvalue weighted by atomic mass is 14.9. The van der Waals surface area contributed by atoms with Crippen LogP contribution in [-0.2, 0) is 0 Å². The molecule has 1 aliphatic rings. The third-order valence-electron chi connectivity index (χ3n) is 2.77. The van der Waals surface area contributed by atoms with Crippen molar-refractivity contribution in [3.05, 3.63) is 29.8 Å². The summed E-state index contributed by atoms with van der Waals surface area (Å²) >= 11 is 0. The number of hydrogen-bond donors (Lipinski definition) is 2. The number of anilines is 1. The minimum absolute atomic E-state index is 0.555. The summed E-state index contributed by atoms with van der Waals surface area (Å²) in [4.78, 5) is 0. The minimum Gasteiger partial charge on any atom is -0.399 e. The van der Waals surface area contributed by atoms with Crippen molar-refractivity contribution < 1.29 is 0 Å². The fraction of sp³-hybridized carbons (Fsp3) is 0.500. The van der Waals surface area contributed by atoms with Crippen molar-refractivity contribution in [3.8, 4) is 0 Å². The summed E-state index contributed by atoms with van der Waals surface area (Å²) in [5.41, 5.74) is 7.94. The van der Waals surface area contributed by atoms with Gasteiger partial charge in [-0.15, -0.1) is 0 Å². The van der Waals surface area contributed by atoms with Crippen molar-refractivity contribution in [2.45, 2.75) is 31.7 Å². The highest BCUT2D eigenvalue weighted by Crippen LogP contribution is 2.21. The van der Waals surface area contributed by atoms with Crippen LogP contribution in [0.3, 0.4) is 0 Å². The summed E-state index contributed by atoms with van der Waals surface area (Å²) in [6.07, 6.45) is 2.70. The molecule has 0 amide bonds. The van der Waals surface area contributed by atoms with Crippen LogP contribution in [0.4, 0.5) is 5.69 Å². The first-order valence-corrected chi connectivity index (χ1v) is 5.34. The molecule has 1 atom stereocenters. The molecule has 1 unspecified atom stereocenters. The highest BCUT2D eigenvalue weighted by molar-refractivity contribution is 5.41. The Morgan fingerprint density at radius 3 is 2.93 bits per heavy atom. The normalized spacial score (nSPS) is 18.1. The van der Waals surface area contributed by atoms with Crippen LogP contribution in [0.2, 0.25) is 0 Å². The van der Waals surface area contributed by atoms with Crippen molar-refractivity contribution in [2.75, 3.05) is 12.3 Å². The van der Waals surface area contributed by atoms with E-state index in [0.717, 1.165) is 18.3 Å². The third kappa shape index (κ3) is 2.48. The van der Waals surface area contributed by atoms with Gasteiger partial charge in [-0.05, 0) is 36.5 Å². The van der Waals surface area contributed by atoms with Gasteiger partial charge in [0.2, 0.25) is 0 Å². The summed E-state index contributed by atoms with van der Waals surface area (Å²) in [6, 6.07) is 8.97. The van der Waals surface area contributed by atoms with E-state index in [1.54, 1.807) is 0 Å². The molecule has 1 fully saturated rings. The molecule has 0 saturated heterocycles. The predicted molar refractivity (Wildman–Crippen MR) is 60.3 cm³/mol. The van der Waals surface area contributed by atoms with Gasteiger partial charge in [0.15, 0.2) is 0 Å². The molecule has 2 rings (SSSR count). The largest absolute Gasteiger partial charge is 0.399 e. The molecule has 0 heterocycles. The van der Waals surface area contributed by atoms with Gasteiger partial charge in [-0.2, -0.15) is 0 Å². The van der Waals surface area contributed by atoms with Crippen LogP contribution in [0.5, 0.6) is 0 Å². The Morgan fingerprint density at radius 1 is 1.50 bits per heavy atom. The van der Waals surface area contributed by atoms with Gasteiger partial charge in [0.05, 0.1) is 0 Å². The fourth-order valence-corrected chi connectivity index (χ4v) is 1.61. The molecule has 2 nitrogen and oxygen atoms in total. The van der Waals surface area contributed by atoms with E-state index in [4.69, 9.17) is 5.73 Å². The van der Waals surface area contributed by atoms with E-state index in [0.29, 0.717) is 5.92 Å². The lowest BCUT2D eigenvalue weighted by Gasteiger charge is -2.13. The van der Waals surface area contributed by atoms with Crippen LogP contribution in [-0.4, -0.2) is 12.6 Å². The zero-order chi connectivity index (χ0) is 9.97. The Labute approximate surface area is 85.5 Å². The second-order valence-electron chi connectivity index (χ2n) is 4.25. The van der Waals surface area contributed by atoms with Crippen LogP contribution >= 0.6 is 0 Å². The van der Waals surface area contributed by atoms with E-state index in [1.807, 2.05) is 12.1 Å². The lowest BCUT2D eigenvalue weighted by Crippen LogP contribution is -2.22. The molecule has 0 spiro atoms. The van der Waals surface area contributed by atoms with Crippen molar-refractivity contribution in [1.29, 1.82) is 0 Å². The van der Waals surface area contributed by atoms with Crippen LogP contribution < -0.4 is 11.1 Å². The molecule has 14 heavy (non-hydrogen) atoms. The monoisotopic (exact) mass is 190 g/mol. The van der Waals surface area contributed by atoms with E-state index in [-0.39, 0.29) is 0 Å². The number of nitrogens with one attached hydrogen (secondary N) is 1. The molecule has 0 bridgehead atoms. The number of nitrogens with two attached hydrogens (primary N) is 1. The van der Waals surface area contributed by atoms with Gasteiger partial charge in [-0.1, -0.05) is 19.1 Å². The molecule has 1 saturated carbocycles. The maximum atomic E-state index is 5.74. The molecule has 0 radical (unpaired) electrons. The van der Waals surface area contributed by atoms with E-state index in [9.17, 15) is 0 Å². The molecular weight excluding hydrogens is 172 g/mol. The van der Waals surface area contributed by atoms with E-state index >= 15 is 0 Å². The first-order chi connectivity index (χ1) is 6.75. The summed E-state index contributed by atoms with van der Waals surface area (Å²) in [7, 11) is 0. The molecule has 1 aliphatic carbocycles. The average molecular weight is 190 g/mol. The third-order valence-corrected chi connectivity index (χ3v) is 2.77. The zero-order valence-corrected chi connectivity index (χ0v) is 8.66. The molecule has 1 aromatic rings. The predicted octanol–water partition coefficient (Wildman–Crippen LogP) is 2.12. The Bertz CT molecular complexity index is 305. The van der Waals surface area contributed by atoms with Gasteiger partial charge < -0.3 is 11.1 Å². The van der Waals surface area contributed by atoms with Gasteiger partial charge in [0, 0.05) is 18.3 Å². The topological polar surface area (TPSA) is 38.0 Å². The Kier molecular flexibility index (Phi) is 2.73. The molecule has 0 aromatic heterocycles. The van der Waals surface area contributed by atoms with Gasteiger partial charge in [0.1, 0.15) is 0 Å². The van der Waals surface area contributed by atoms with Gasteiger partial charge in [-0.25, -0.2) is 0 Å². The number of hydrogen-bond acceptors (Lipinski definition) is 2. The van der Waals surface area contributed by atoms with Gasteiger partial charge >= 0.3 is 0 Å². The van der Waals surface area contributed by atoms with Gasteiger partial charge in [-0.3, -0.25) is 0 Å². The summed E-state index contributed by atoms with van der Waals surface area (Å²) in [5, 5.41) is 3.53. The summed E-state index contributed by atoms with van der Waals surface area (Å²) in [5.74, 6) is 0.555. The zero-order valence-electron chi connectivity index (χ0n) is 8.66. The second kappa shape index (κ2) is 4.01. The number of nitrogen functional groups attached to an aromatic ring is 1. The molecule has 1 aromatic carbocycles. The van der Waals surface area contributed by atoms with E-state index in [1.165, 1.54) is 18.4 Å².